The van der Waals surface area contributed by atoms with Crippen LogP contribution in [0.4, 0.5) is 4.79 Å². The molecule has 34 heavy (non-hydrogen) atoms. The van der Waals surface area contributed by atoms with Crippen LogP contribution in [0.25, 0.3) is 11.1 Å². The first kappa shape index (κ1) is 23.8. The molecule has 0 spiro atoms. The minimum Gasteiger partial charge on any atom is -0.480 e. The number of amides is 2. The van der Waals surface area contributed by atoms with Crippen molar-refractivity contribution in [3.05, 3.63) is 59.7 Å². The quantitative estimate of drug-likeness (QED) is 0.523. The van der Waals surface area contributed by atoms with E-state index < -0.39 is 35.7 Å². The molecule has 2 aromatic rings. The van der Waals surface area contributed by atoms with Gasteiger partial charge in [0.25, 0.3) is 0 Å². The number of carbonyl (C=O) groups excluding carboxylic acids is 2. The summed E-state index contributed by atoms with van der Waals surface area (Å²) in [5, 5.41) is 14.7. The van der Waals surface area contributed by atoms with E-state index in [-0.39, 0.29) is 18.4 Å². The lowest BCUT2D eigenvalue weighted by Crippen LogP contribution is -2.62. The van der Waals surface area contributed by atoms with Crippen LogP contribution in [-0.2, 0) is 19.1 Å². The van der Waals surface area contributed by atoms with Crippen LogP contribution >= 0.6 is 0 Å². The van der Waals surface area contributed by atoms with Crippen LogP contribution < -0.4 is 10.6 Å². The van der Waals surface area contributed by atoms with E-state index in [1.807, 2.05) is 36.4 Å². The number of hydrogen-bond donors (Lipinski definition) is 3. The van der Waals surface area contributed by atoms with Crippen molar-refractivity contribution < 1.29 is 29.0 Å². The van der Waals surface area contributed by atoms with Gasteiger partial charge in [0.2, 0.25) is 5.91 Å². The summed E-state index contributed by atoms with van der Waals surface area (Å²) in [7, 11) is 1.38. The van der Waals surface area contributed by atoms with Crippen molar-refractivity contribution in [3.8, 4) is 11.1 Å². The number of alkyl carbamates (subject to hydrolysis) is 1. The number of methoxy groups -OCH3 is 1. The van der Waals surface area contributed by atoms with Crippen molar-refractivity contribution in [3.63, 3.8) is 0 Å². The first-order valence-electron chi connectivity index (χ1n) is 11.5. The summed E-state index contributed by atoms with van der Waals surface area (Å²) in [6, 6.07) is 14.8. The highest BCUT2D eigenvalue weighted by Gasteiger charge is 2.50. The Morgan fingerprint density at radius 2 is 1.62 bits per heavy atom. The van der Waals surface area contributed by atoms with Gasteiger partial charge in [0.05, 0.1) is 6.10 Å². The predicted molar refractivity (Wildman–Crippen MR) is 125 cm³/mol. The summed E-state index contributed by atoms with van der Waals surface area (Å²) in [5.74, 6) is -1.97. The second kappa shape index (κ2) is 9.46. The number of aliphatic carboxylic acids is 1. The van der Waals surface area contributed by atoms with Gasteiger partial charge in [-0.05, 0) is 54.9 Å². The number of benzene rings is 2. The lowest BCUT2D eigenvalue weighted by atomic mass is 9.94. The summed E-state index contributed by atoms with van der Waals surface area (Å²) in [5.41, 5.74) is 3.15. The molecule has 0 radical (unpaired) electrons. The van der Waals surface area contributed by atoms with Gasteiger partial charge in [0.15, 0.2) is 6.04 Å². The maximum absolute atomic E-state index is 13.1. The van der Waals surface area contributed by atoms with Gasteiger partial charge in [-0.15, -0.1) is 0 Å². The van der Waals surface area contributed by atoms with E-state index in [1.165, 1.54) is 7.11 Å². The van der Waals surface area contributed by atoms with E-state index in [4.69, 9.17) is 9.47 Å². The topological polar surface area (TPSA) is 114 Å². The maximum Gasteiger partial charge on any atom is 0.408 e. The molecule has 2 amide bonds. The molecule has 0 saturated heterocycles. The van der Waals surface area contributed by atoms with E-state index >= 15 is 0 Å². The van der Waals surface area contributed by atoms with Crippen molar-refractivity contribution in [1.29, 1.82) is 0 Å². The Morgan fingerprint density at radius 3 is 2.12 bits per heavy atom. The Kier molecular flexibility index (Phi) is 6.61. The summed E-state index contributed by atoms with van der Waals surface area (Å²) < 4.78 is 10.7. The van der Waals surface area contributed by atoms with Gasteiger partial charge in [-0.25, -0.2) is 9.59 Å². The highest BCUT2D eigenvalue weighted by molar-refractivity contribution is 5.93. The molecule has 8 heteroatoms. The fourth-order valence-corrected chi connectivity index (χ4v) is 4.66. The minimum atomic E-state index is -1.29. The van der Waals surface area contributed by atoms with Crippen molar-refractivity contribution in [2.45, 2.75) is 50.3 Å². The average Bonchev–Trinajstić information content (AvgIpc) is 3.64. The maximum atomic E-state index is 13.1. The van der Waals surface area contributed by atoms with Gasteiger partial charge >= 0.3 is 12.1 Å². The van der Waals surface area contributed by atoms with E-state index in [0.29, 0.717) is 0 Å². The summed E-state index contributed by atoms with van der Waals surface area (Å²) in [6.07, 6.45) is 0.0634. The molecular weight excluding hydrogens is 436 g/mol. The second-order valence-electron chi connectivity index (χ2n) is 9.16. The van der Waals surface area contributed by atoms with Crippen molar-refractivity contribution in [2.24, 2.45) is 5.92 Å². The lowest BCUT2D eigenvalue weighted by Gasteiger charge is -2.31. The van der Waals surface area contributed by atoms with Crippen molar-refractivity contribution >= 4 is 18.0 Å². The molecule has 1 unspecified atom stereocenters. The summed E-state index contributed by atoms with van der Waals surface area (Å²) >= 11 is 0. The molecule has 2 aliphatic rings. The number of ether oxygens (including phenoxy) is 2. The third-order valence-electron chi connectivity index (χ3n) is 6.96. The molecular formula is C26H30N2O6. The van der Waals surface area contributed by atoms with E-state index in [2.05, 4.69) is 22.8 Å². The van der Waals surface area contributed by atoms with E-state index in [1.54, 1.807) is 13.8 Å². The Labute approximate surface area is 198 Å². The number of carbonyl (C=O) groups is 3. The van der Waals surface area contributed by atoms with Crippen LogP contribution in [0.15, 0.2) is 48.5 Å². The van der Waals surface area contributed by atoms with E-state index in [0.717, 1.165) is 35.1 Å². The molecule has 8 nitrogen and oxygen atoms in total. The number of carboxylic acid groups (broad SMARTS) is 1. The Balaban J connectivity index is 1.45. The zero-order valence-electron chi connectivity index (χ0n) is 19.5. The van der Waals surface area contributed by atoms with E-state index in [9.17, 15) is 19.5 Å². The van der Waals surface area contributed by atoms with Crippen LogP contribution in [0.3, 0.4) is 0 Å². The molecule has 0 heterocycles. The predicted octanol–water partition coefficient (Wildman–Crippen LogP) is 3.30. The van der Waals surface area contributed by atoms with Crippen LogP contribution in [0, 0.1) is 5.92 Å². The first-order chi connectivity index (χ1) is 16.3. The molecule has 0 aliphatic heterocycles. The second-order valence-corrected chi connectivity index (χ2v) is 9.16. The molecule has 3 atom stereocenters. The molecule has 3 N–H and O–H groups in total. The Morgan fingerprint density at radius 1 is 1.06 bits per heavy atom. The zero-order valence-corrected chi connectivity index (χ0v) is 19.5. The highest BCUT2D eigenvalue weighted by Crippen LogP contribution is 2.44. The smallest absolute Gasteiger partial charge is 0.408 e. The van der Waals surface area contributed by atoms with Gasteiger partial charge in [-0.1, -0.05) is 48.5 Å². The molecule has 0 aromatic heterocycles. The minimum absolute atomic E-state index is 0.0970. The van der Waals surface area contributed by atoms with Crippen molar-refractivity contribution in [2.75, 3.05) is 13.7 Å². The third kappa shape index (κ3) is 4.50. The monoisotopic (exact) mass is 466 g/mol. The van der Waals surface area contributed by atoms with Gasteiger partial charge in [0.1, 0.15) is 12.1 Å². The highest BCUT2D eigenvalue weighted by atomic mass is 16.5. The molecule has 1 saturated carbocycles. The fraction of sp³-hybridized carbons (Fsp3) is 0.423. The largest absolute Gasteiger partial charge is 0.480 e. The van der Waals surface area contributed by atoms with Crippen LogP contribution in [-0.4, -0.2) is 54.5 Å². The van der Waals surface area contributed by atoms with Crippen LogP contribution in [0.5, 0.6) is 0 Å². The van der Waals surface area contributed by atoms with Gasteiger partial charge in [-0.2, -0.15) is 0 Å². The number of nitrogens with one attached hydrogen (secondary N) is 2. The van der Waals surface area contributed by atoms with Gasteiger partial charge in [0, 0.05) is 13.0 Å². The lowest BCUT2D eigenvalue weighted by molar-refractivity contribution is -0.146. The zero-order chi connectivity index (χ0) is 24.5. The summed E-state index contributed by atoms with van der Waals surface area (Å²) in [4.78, 5) is 37.6. The first-order valence-corrected chi connectivity index (χ1v) is 11.5. The normalized spacial score (nSPS) is 18.1. The molecule has 2 aliphatic carbocycles. The molecule has 0 bridgehead atoms. The third-order valence-corrected chi connectivity index (χ3v) is 6.96. The van der Waals surface area contributed by atoms with Crippen LogP contribution in [0.2, 0.25) is 0 Å². The average molecular weight is 467 g/mol. The van der Waals surface area contributed by atoms with Crippen LogP contribution in [0.1, 0.15) is 43.7 Å². The number of hydrogen-bond acceptors (Lipinski definition) is 5. The van der Waals surface area contributed by atoms with Gasteiger partial charge < -0.3 is 25.2 Å². The number of rotatable bonds is 9. The molecule has 4 rings (SSSR count). The van der Waals surface area contributed by atoms with Gasteiger partial charge in [-0.3, -0.25) is 4.79 Å². The SMILES string of the molecule is CO[C@H](C)[C@H](NC(=O)C(C)(NC(=O)OCC1c2ccccc2-c2ccccc21)C1CC1)C(=O)O. The molecule has 1 fully saturated rings. The molecule has 2 aromatic carbocycles. The number of fused-ring (bicyclic) bond motifs is 3. The summed E-state index contributed by atoms with van der Waals surface area (Å²) in [6.45, 7) is 3.30. The Bertz CT molecular complexity index is 1050. The molecule has 180 valence electrons. The Hall–Kier alpha value is -3.39. The van der Waals surface area contributed by atoms with Crippen molar-refractivity contribution in [1.82, 2.24) is 10.6 Å². The number of carboxylic acids is 1. The fourth-order valence-electron chi connectivity index (χ4n) is 4.66. The standard InChI is InChI=1S/C26H30N2O6/c1-15(33-3)22(23(29)30)27-24(31)26(2,16-12-13-16)28-25(32)34-14-21-19-10-6-4-8-17(19)18-9-5-7-11-20(18)21/h4-11,15-16,21-22H,12-14H2,1-3H3,(H,27,31)(H,28,32)(H,29,30)/t15-,22+,26?/m1/s1.